The van der Waals surface area contributed by atoms with Crippen LogP contribution in [-0.4, -0.2) is 11.1 Å². The van der Waals surface area contributed by atoms with Crippen LogP contribution >= 0.6 is 0 Å². The van der Waals surface area contributed by atoms with Crippen molar-refractivity contribution >= 4 is 5.97 Å². The molecule has 2 rings (SSSR count). The molecule has 98 valence electrons. The SMILES string of the molecule is Cc1cc(COc2ccc(F)cc2)ccc1C(=O)O. The lowest BCUT2D eigenvalue weighted by Gasteiger charge is -2.08. The largest absolute Gasteiger partial charge is 0.489 e. The molecule has 0 aliphatic carbocycles. The van der Waals surface area contributed by atoms with Crippen molar-refractivity contribution in [3.63, 3.8) is 0 Å². The molecule has 0 saturated carbocycles. The van der Waals surface area contributed by atoms with Crippen molar-refractivity contribution < 1.29 is 19.0 Å². The average molecular weight is 260 g/mol. The summed E-state index contributed by atoms with van der Waals surface area (Å²) >= 11 is 0. The molecule has 0 bridgehead atoms. The van der Waals surface area contributed by atoms with Crippen LogP contribution in [0.3, 0.4) is 0 Å². The van der Waals surface area contributed by atoms with E-state index in [1.165, 1.54) is 12.1 Å². The van der Waals surface area contributed by atoms with Gasteiger partial charge in [0.15, 0.2) is 0 Å². The van der Waals surface area contributed by atoms with Gasteiger partial charge in [-0.1, -0.05) is 12.1 Å². The lowest BCUT2D eigenvalue weighted by molar-refractivity contribution is 0.0696. The number of carbonyl (C=O) groups is 1. The molecule has 0 spiro atoms. The summed E-state index contributed by atoms with van der Waals surface area (Å²) in [5.41, 5.74) is 1.84. The van der Waals surface area contributed by atoms with Gasteiger partial charge in [-0.2, -0.15) is 0 Å². The van der Waals surface area contributed by atoms with Crippen LogP contribution in [0.2, 0.25) is 0 Å². The van der Waals surface area contributed by atoms with E-state index in [-0.39, 0.29) is 11.4 Å². The van der Waals surface area contributed by atoms with Crippen molar-refractivity contribution in [2.24, 2.45) is 0 Å². The van der Waals surface area contributed by atoms with Crippen molar-refractivity contribution in [1.29, 1.82) is 0 Å². The predicted molar refractivity (Wildman–Crippen MR) is 68.9 cm³/mol. The maximum absolute atomic E-state index is 12.7. The Hall–Kier alpha value is -2.36. The summed E-state index contributed by atoms with van der Waals surface area (Å²) in [4.78, 5) is 10.9. The fraction of sp³-hybridized carbons (Fsp3) is 0.133. The summed E-state index contributed by atoms with van der Waals surface area (Å²) in [6.07, 6.45) is 0. The van der Waals surface area contributed by atoms with Crippen molar-refractivity contribution in [1.82, 2.24) is 0 Å². The van der Waals surface area contributed by atoms with E-state index in [9.17, 15) is 9.18 Å². The van der Waals surface area contributed by atoms with Crippen molar-refractivity contribution in [2.75, 3.05) is 0 Å². The van der Waals surface area contributed by atoms with E-state index in [1.807, 2.05) is 0 Å². The second-order valence-corrected chi connectivity index (χ2v) is 4.20. The molecule has 19 heavy (non-hydrogen) atoms. The maximum atomic E-state index is 12.7. The van der Waals surface area contributed by atoms with Gasteiger partial charge in [-0.25, -0.2) is 9.18 Å². The van der Waals surface area contributed by atoms with Crippen molar-refractivity contribution in [3.05, 3.63) is 65.0 Å². The summed E-state index contributed by atoms with van der Waals surface area (Å²) in [6.45, 7) is 2.05. The molecule has 0 radical (unpaired) electrons. The summed E-state index contributed by atoms with van der Waals surface area (Å²) in [7, 11) is 0. The zero-order valence-corrected chi connectivity index (χ0v) is 10.4. The minimum atomic E-state index is -0.941. The van der Waals surface area contributed by atoms with E-state index in [1.54, 1.807) is 37.3 Å². The van der Waals surface area contributed by atoms with Gasteiger partial charge in [0, 0.05) is 0 Å². The molecule has 0 heterocycles. The van der Waals surface area contributed by atoms with Crippen molar-refractivity contribution in [2.45, 2.75) is 13.5 Å². The third-order valence-electron chi connectivity index (χ3n) is 2.74. The highest BCUT2D eigenvalue weighted by molar-refractivity contribution is 5.89. The number of benzene rings is 2. The molecule has 4 heteroatoms. The van der Waals surface area contributed by atoms with Gasteiger partial charge >= 0.3 is 5.97 Å². The zero-order valence-electron chi connectivity index (χ0n) is 10.4. The first-order valence-electron chi connectivity index (χ1n) is 5.77. The van der Waals surface area contributed by atoms with Gasteiger partial charge in [0.2, 0.25) is 0 Å². The molecule has 0 atom stereocenters. The molecule has 0 aliphatic rings. The third-order valence-corrected chi connectivity index (χ3v) is 2.74. The molecule has 0 fully saturated rings. The first kappa shape index (κ1) is 13.1. The Morgan fingerprint density at radius 3 is 2.47 bits per heavy atom. The first-order chi connectivity index (χ1) is 9.06. The van der Waals surface area contributed by atoms with Gasteiger partial charge < -0.3 is 9.84 Å². The van der Waals surface area contributed by atoms with Gasteiger partial charge in [-0.15, -0.1) is 0 Å². The number of carboxylic acids is 1. The number of hydrogen-bond donors (Lipinski definition) is 1. The molecule has 0 aliphatic heterocycles. The van der Waals surface area contributed by atoms with Crippen LogP contribution in [0.25, 0.3) is 0 Å². The quantitative estimate of drug-likeness (QED) is 0.916. The summed E-state index contributed by atoms with van der Waals surface area (Å²) < 4.78 is 18.2. The van der Waals surface area contributed by atoms with Crippen molar-refractivity contribution in [3.8, 4) is 5.75 Å². The second kappa shape index (κ2) is 5.52. The van der Waals surface area contributed by atoms with E-state index in [0.717, 1.165) is 5.56 Å². The number of halogens is 1. The number of hydrogen-bond acceptors (Lipinski definition) is 2. The Morgan fingerprint density at radius 1 is 1.21 bits per heavy atom. The van der Waals surface area contributed by atoms with E-state index >= 15 is 0 Å². The number of aryl methyl sites for hydroxylation is 1. The molecular weight excluding hydrogens is 247 g/mol. The van der Waals surface area contributed by atoms with Crippen LogP contribution in [0.15, 0.2) is 42.5 Å². The topological polar surface area (TPSA) is 46.5 Å². The molecule has 3 nitrogen and oxygen atoms in total. The molecule has 2 aromatic carbocycles. The summed E-state index contributed by atoms with van der Waals surface area (Å²) in [5.74, 6) is -0.682. The van der Waals surface area contributed by atoms with Crippen LogP contribution in [-0.2, 0) is 6.61 Å². The molecule has 1 N–H and O–H groups in total. The molecule has 0 aromatic heterocycles. The standard InChI is InChI=1S/C15H13FO3/c1-10-8-11(2-7-14(10)15(17)18)9-19-13-5-3-12(16)4-6-13/h2-8H,9H2,1H3,(H,17,18). The van der Waals surface area contributed by atoms with E-state index < -0.39 is 5.97 Å². The first-order valence-corrected chi connectivity index (χ1v) is 5.77. The maximum Gasteiger partial charge on any atom is 0.335 e. The number of aromatic carboxylic acids is 1. The van der Waals surface area contributed by atoms with Crippen LogP contribution in [0, 0.1) is 12.7 Å². The fourth-order valence-electron chi connectivity index (χ4n) is 1.75. The number of ether oxygens (including phenoxy) is 1. The Morgan fingerprint density at radius 2 is 1.89 bits per heavy atom. The normalized spacial score (nSPS) is 10.2. The minimum absolute atomic E-state index is 0.283. The van der Waals surface area contributed by atoms with Gasteiger partial charge in [-0.3, -0.25) is 0 Å². The number of carboxylic acid groups (broad SMARTS) is 1. The Kier molecular flexibility index (Phi) is 3.80. The van der Waals surface area contributed by atoms with Crippen LogP contribution in [0.1, 0.15) is 21.5 Å². The lowest BCUT2D eigenvalue weighted by atomic mass is 10.1. The Bertz CT molecular complexity index is 591. The highest BCUT2D eigenvalue weighted by atomic mass is 19.1. The van der Waals surface area contributed by atoms with Gasteiger partial charge in [-0.05, 0) is 48.4 Å². The van der Waals surface area contributed by atoms with Gasteiger partial charge in [0.05, 0.1) is 5.56 Å². The molecule has 0 amide bonds. The molecule has 2 aromatic rings. The molecular formula is C15H13FO3. The van der Waals surface area contributed by atoms with E-state index in [2.05, 4.69) is 0 Å². The Balaban J connectivity index is 2.06. The van der Waals surface area contributed by atoms with Gasteiger partial charge in [0.25, 0.3) is 0 Å². The average Bonchev–Trinajstić information content (AvgIpc) is 2.37. The number of rotatable bonds is 4. The summed E-state index contributed by atoms with van der Waals surface area (Å²) in [6, 6.07) is 10.8. The van der Waals surface area contributed by atoms with Crippen LogP contribution in [0.5, 0.6) is 5.75 Å². The highest BCUT2D eigenvalue weighted by Gasteiger charge is 2.07. The van der Waals surface area contributed by atoms with Gasteiger partial charge in [0.1, 0.15) is 18.2 Å². The monoisotopic (exact) mass is 260 g/mol. The second-order valence-electron chi connectivity index (χ2n) is 4.20. The highest BCUT2D eigenvalue weighted by Crippen LogP contribution is 2.16. The van der Waals surface area contributed by atoms with E-state index in [0.29, 0.717) is 17.9 Å². The Labute approximate surface area is 110 Å². The van der Waals surface area contributed by atoms with Crippen LogP contribution in [0.4, 0.5) is 4.39 Å². The molecule has 0 unspecified atom stereocenters. The predicted octanol–water partition coefficient (Wildman–Crippen LogP) is 3.41. The third kappa shape index (κ3) is 3.31. The smallest absolute Gasteiger partial charge is 0.335 e. The van der Waals surface area contributed by atoms with Crippen LogP contribution < -0.4 is 4.74 Å². The summed E-state index contributed by atoms with van der Waals surface area (Å²) in [5, 5.41) is 8.92. The van der Waals surface area contributed by atoms with E-state index in [4.69, 9.17) is 9.84 Å². The lowest BCUT2D eigenvalue weighted by Crippen LogP contribution is -2.02. The zero-order chi connectivity index (χ0) is 13.8. The molecule has 0 saturated heterocycles. The minimum Gasteiger partial charge on any atom is -0.489 e. The fourth-order valence-corrected chi connectivity index (χ4v) is 1.75.